The lowest BCUT2D eigenvalue weighted by molar-refractivity contribution is -0.139. The summed E-state index contributed by atoms with van der Waals surface area (Å²) >= 11 is 6.51. The van der Waals surface area contributed by atoms with Gasteiger partial charge in [-0.25, -0.2) is 38.9 Å². The van der Waals surface area contributed by atoms with Crippen molar-refractivity contribution < 1.29 is 62.0 Å². The van der Waals surface area contributed by atoms with Crippen molar-refractivity contribution >= 4 is 92.5 Å². The number of anilines is 2. The van der Waals surface area contributed by atoms with Gasteiger partial charge < -0.3 is 39.6 Å². The van der Waals surface area contributed by atoms with E-state index in [4.69, 9.17) is 45.3 Å². The van der Waals surface area contributed by atoms with Crippen molar-refractivity contribution in [3.63, 3.8) is 0 Å². The van der Waals surface area contributed by atoms with Gasteiger partial charge in [0, 0.05) is 6.54 Å². The number of hydrogen-bond donors (Lipinski definition) is 3. The van der Waals surface area contributed by atoms with Crippen molar-refractivity contribution in [1.29, 1.82) is 0 Å². The maximum atomic E-state index is 14.4. The molecule has 25 heteroatoms. The highest BCUT2D eigenvalue weighted by atomic mass is 35.5. The normalized spacial score (nSPS) is 14.3. The Bertz CT molecular complexity index is 4570. The van der Waals surface area contributed by atoms with Crippen LogP contribution in [0.5, 0.6) is 11.5 Å². The summed E-state index contributed by atoms with van der Waals surface area (Å²) in [4.78, 5) is 148. The number of carbonyl (C=O) groups excluding carboxylic acids is 8. The largest absolute Gasteiger partial charge is 0.495 e. The summed E-state index contributed by atoms with van der Waals surface area (Å²) in [5.41, 5.74) is -0.165. The Morgan fingerprint density at radius 3 is 1.70 bits per heavy atom. The fourth-order valence-electron chi connectivity index (χ4n) is 12.0. The quantitative estimate of drug-likeness (QED) is 0.0163. The van der Waals surface area contributed by atoms with Crippen molar-refractivity contribution in [2.45, 2.75) is 162 Å². The van der Waals surface area contributed by atoms with Gasteiger partial charge in [-0.15, -0.1) is 0 Å². The number of benzene rings is 6. The van der Waals surface area contributed by atoms with Gasteiger partial charge in [0.15, 0.2) is 17.7 Å². The van der Waals surface area contributed by atoms with Gasteiger partial charge in [0.05, 0.1) is 82.8 Å². The lowest BCUT2D eigenvalue weighted by atomic mass is 10.0. The average Bonchev–Trinajstić information content (AvgIpc) is 1.47. The standard InChI is InChI=1S/C41H47ClN4O7.C36H39N5O8/c1-4-5-6-7-8-9-10-11-12-18-25-52-38(49)29-23-24-31(42)33(26-29)44-36(47)34(46-39(50)41(2,3)53-40(46)51)35-43-32-22-17-16-21-30(32)37(48)45(35)27-28-19-14-13-15-20-28;1-7-48-33(44)23-14-16-28(47-6)26(20-23)38-31(42)29(41-34(45)36(4,5)39-35(41)46)30-37-25-12-9-8-11-24(25)32(43)40(30)17-10-18-49-27-15-13-21(2)19-22(27)3/h13-17,19-24,26,34H,4-12,18,25,27H2,1-3H3,(H,44,47);8-9,11-16,19-20,29H,7,10,17-18H2,1-6H3,(H,38,42)(H,39,46). The van der Waals surface area contributed by atoms with Crippen molar-refractivity contribution in [1.82, 2.24) is 34.2 Å². The second kappa shape index (κ2) is 34.1. The van der Waals surface area contributed by atoms with Gasteiger partial charge >= 0.3 is 24.1 Å². The second-order valence-electron chi connectivity index (χ2n) is 26.0. The van der Waals surface area contributed by atoms with Crippen LogP contribution in [-0.4, -0.2) is 115 Å². The molecule has 6 aromatic carbocycles. The van der Waals surface area contributed by atoms with E-state index >= 15 is 0 Å². The smallest absolute Gasteiger partial charge is 0.418 e. The summed E-state index contributed by atoms with van der Waals surface area (Å²) < 4.78 is 30.0. The topological polar surface area (TPSA) is 295 Å². The molecule has 0 saturated carbocycles. The Kier molecular flexibility index (Phi) is 25.2. The maximum absolute atomic E-state index is 14.4. The van der Waals surface area contributed by atoms with Gasteiger partial charge in [-0.2, -0.15) is 0 Å². The monoisotopic (exact) mass is 1410 g/mol. The summed E-state index contributed by atoms with van der Waals surface area (Å²) in [6.45, 7) is 14.3. The molecule has 2 aliphatic rings. The van der Waals surface area contributed by atoms with E-state index in [2.05, 4.69) is 22.9 Å². The highest BCUT2D eigenvalue weighted by Crippen LogP contribution is 2.36. The summed E-state index contributed by atoms with van der Waals surface area (Å²) in [5.74, 6) is -3.88. The molecule has 0 bridgehead atoms. The molecule has 2 aromatic heterocycles. The third-order valence-corrected chi connectivity index (χ3v) is 17.7. The van der Waals surface area contributed by atoms with E-state index < -0.39 is 82.0 Å². The fraction of sp³-hybridized carbons (Fsp3) is 0.377. The number of nitrogens with zero attached hydrogens (tertiary/aromatic N) is 6. The number of unbranched alkanes of at least 4 members (excludes halogenated alkanes) is 9. The predicted molar refractivity (Wildman–Crippen MR) is 386 cm³/mol. The van der Waals surface area contributed by atoms with Gasteiger partial charge in [0.1, 0.15) is 28.7 Å². The Labute approximate surface area is 596 Å². The minimum Gasteiger partial charge on any atom is -0.495 e. The molecule has 24 nitrogen and oxygen atoms in total. The Morgan fingerprint density at radius 1 is 0.578 bits per heavy atom. The summed E-state index contributed by atoms with van der Waals surface area (Å²) in [6, 6.07) is 32.4. The lowest BCUT2D eigenvalue weighted by Gasteiger charge is -2.27. The molecule has 2 unspecified atom stereocenters. The molecule has 3 N–H and O–H groups in total. The Balaban J connectivity index is 0.000000238. The number of para-hydroxylation sites is 2. The van der Waals surface area contributed by atoms with Gasteiger partial charge in [-0.1, -0.05) is 149 Å². The van der Waals surface area contributed by atoms with Gasteiger partial charge in [0.25, 0.3) is 34.7 Å². The molecule has 2 fully saturated rings. The number of aryl methyl sites for hydroxylation is 2. The number of cyclic esters (lactones) is 1. The molecule has 0 spiro atoms. The molecular weight excluding hydrogens is 1330 g/mol. The molecule has 7 amide bonds. The molecule has 0 radical (unpaired) electrons. The number of carbonyl (C=O) groups is 8. The molecule has 2 aliphatic heterocycles. The fourth-order valence-corrected chi connectivity index (χ4v) is 12.2. The number of nitrogens with one attached hydrogen (secondary N) is 3. The molecule has 2 saturated heterocycles. The molecule has 2 atom stereocenters. The first kappa shape index (κ1) is 75.5. The zero-order chi connectivity index (χ0) is 73.4. The molecule has 536 valence electrons. The Hall–Kier alpha value is -10.8. The van der Waals surface area contributed by atoms with Crippen LogP contribution in [0.15, 0.2) is 143 Å². The van der Waals surface area contributed by atoms with Crippen LogP contribution in [0, 0.1) is 13.8 Å². The summed E-state index contributed by atoms with van der Waals surface area (Å²) in [7, 11) is 1.38. The summed E-state index contributed by atoms with van der Waals surface area (Å²) in [6.07, 6.45) is 10.8. The third-order valence-electron chi connectivity index (χ3n) is 17.4. The van der Waals surface area contributed by atoms with Crippen LogP contribution in [0.4, 0.5) is 21.0 Å². The molecule has 4 heterocycles. The van der Waals surface area contributed by atoms with E-state index in [-0.39, 0.29) is 94.3 Å². The Morgan fingerprint density at radius 2 is 1.12 bits per heavy atom. The van der Waals surface area contributed by atoms with Crippen LogP contribution in [0.2, 0.25) is 5.02 Å². The van der Waals surface area contributed by atoms with Gasteiger partial charge in [-0.3, -0.25) is 37.9 Å². The number of esters is 2. The minimum atomic E-state index is -1.76. The molecule has 10 rings (SSSR count). The van der Waals surface area contributed by atoms with Crippen LogP contribution < -0.4 is 36.5 Å². The van der Waals surface area contributed by atoms with E-state index in [9.17, 15) is 47.9 Å². The van der Waals surface area contributed by atoms with Crippen LogP contribution in [0.1, 0.15) is 173 Å². The number of hydrogen-bond acceptors (Lipinski definition) is 17. The molecule has 0 aliphatic carbocycles. The highest BCUT2D eigenvalue weighted by molar-refractivity contribution is 6.34. The molecule has 102 heavy (non-hydrogen) atoms. The predicted octanol–water partition coefficient (Wildman–Crippen LogP) is 13.3. The second-order valence-corrected chi connectivity index (χ2v) is 26.4. The van der Waals surface area contributed by atoms with Crippen molar-refractivity contribution in [2.24, 2.45) is 0 Å². The number of amides is 7. The first-order valence-corrected chi connectivity index (χ1v) is 34.6. The van der Waals surface area contributed by atoms with Crippen LogP contribution >= 0.6 is 11.6 Å². The highest BCUT2D eigenvalue weighted by Gasteiger charge is 2.54. The number of urea groups is 1. The van der Waals surface area contributed by atoms with E-state index in [0.717, 1.165) is 47.3 Å². The first-order chi connectivity index (χ1) is 48.9. The van der Waals surface area contributed by atoms with Gasteiger partial charge in [-0.05, 0) is 139 Å². The molecule has 8 aromatic rings. The average molecular weight is 1410 g/mol. The van der Waals surface area contributed by atoms with E-state index in [1.54, 1.807) is 79.7 Å². The van der Waals surface area contributed by atoms with Crippen molar-refractivity contribution in [3.8, 4) is 11.5 Å². The molecular formula is C77H86ClN9O15. The van der Waals surface area contributed by atoms with Crippen LogP contribution in [0.3, 0.4) is 0 Å². The van der Waals surface area contributed by atoms with Crippen molar-refractivity contribution in [3.05, 3.63) is 199 Å². The van der Waals surface area contributed by atoms with Crippen LogP contribution in [0.25, 0.3) is 21.8 Å². The van der Waals surface area contributed by atoms with Crippen molar-refractivity contribution in [2.75, 3.05) is 37.6 Å². The zero-order valence-corrected chi connectivity index (χ0v) is 59.6. The number of fused-ring (bicyclic) bond motifs is 2. The minimum absolute atomic E-state index is 0.0157. The number of halogens is 1. The zero-order valence-electron chi connectivity index (χ0n) is 58.9. The third kappa shape index (κ3) is 17.9. The summed E-state index contributed by atoms with van der Waals surface area (Å²) in [5, 5.41) is 8.68. The van der Waals surface area contributed by atoms with Gasteiger partial charge in [0.2, 0.25) is 0 Å². The number of ether oxygens (including phenoxy) is 5. The number of imide groups is 2. The maximum Gasteiger partial charge on any atom is 0.418 e. The van der Waals surface area contributed by atoms with E-state index in [1.165, 1.54) is 119 Å². The van der Waals surface area contributed by atoms with Crippen LogP contribution in [-0.2, 0) is 46.5 Å². The lowest BCUT2D eigenvalue weighted by Crippen LogP contribution is -2.46. The van der Waals surface area contributed by atoms with E-state index in [1.807, 2.05) is 38.1 Å². The first-order valence-electron chi connectivity index (χ1n) is 34.3. The van der Waals surface area contributed by atoms with E-state index in [0.29, 0.717) is 22.5 Å². The number of methoxy groups -OCH3 is 1. The number of aromatic nitrogens is 4. The number of rotatable bonds is 30. The SMILES string of the molecule is CCCCCCCCCCCCOC(=O)c1ccc(Cl)c(NC(=O)C(c2nc3ccccc3c(=O)n2Cc2ccccc2)N2C(=O)OC(C)(C)C2=O)c1.CCOC(=O)c1ccc(OC)c(NC(=O)C(c2nc3ccccc3c(=O)n2CCCOc2ccc(C)cc2C)N2C(=O)NC(C)(C)C2=O)c1.